The van der Waals surface area contributed by atoms with Crippen molar-refractivity contribution in [1.82, 2.24) is 9.38 Å². The zero-order valence-electron chi connectivity index (χ0n) is 11.2. The van der Waals surface area contributed by atoms with E-state index in [4.69, 9.17) is 4.74 Å². The van der Waals surface area contributed by atoms with E-state index in [0.717, 1.165) is 36.3 Å². The van der Waals surface area contributed by atoms with E-state index in [2.05, 4.69) is 4.98 Å². The van der Waals surface area contributed by atoms with Gasteiger partial charge in [0, 0.05) is 31.3 Å². The molecule has 0 aliphatic heterocycles. The molecule has 0 saturated heterocycles. The summed E-state index contributed by atoms with van der Waals surface area (Å²) in [6, 6.07) is 0. The van der Waals surface area contributed by atoms with Crippen molar-refractivity contribution in [1.29, 1.82) is 0 Å². The Kier molecular flexibility index (Phi) is 3.60. The van der Waals surface area contributed by atoms with Gasteiger partial charge in [0.05, 0.1) is 17.4 Å². The third kappa shape index (κ3) is 2.42. The minimum absolute atomic E-state index is 0.366. The number of aliphatic hydroxyl groups is 1. The van der Waals surface area contributed by atoms with Crippen LogP contribution in [0.1, 0.15) is 37.8 Å². The van der Waals surface area contributed by atoms with Crippen molar-refractivity contribution >= 4 is 16.3 Å². The maximum atomic E-state index is 10.6. The number of hydrogen-bond donors (Lipinski definition) is 1. The first kappa shape index (κ1) is 13.1. The first-order valence-corrected chi connectivity index (χ1v) is 7.76. The average Bonchev–Trinajstić information content (AvgIpc) is 3.00. The number of hydrogen-bond acceptors (Lipinski definition) is 4. The number of nitrogens with zero attached hydrogens (tertiary/aromatic N) is 2. The second kappa shape index (κ2) is 5.23. The van der Waals surface area contributed by atoms with Crippen molar-refractivity contribution in [3.8, 4) is 0 Å². The van der Waals surface area contributed by atoms with Crippen molar-refractivity contribution in [2.75, 3.05) is 7.11 Å². The lowest BCUT2D eigenvalue weighted by Gasteiger charge is -2.39. The van der Waals surface area contributed by atoms with Gasteiger partial charge in [-0.05, 0) is 12.8 Å². The predicted octanol–water partition coefficient (Wildman–Crippen LogP) is 2.65. The fourth-order valence-corrected chi connectivity index (χ4v) is 3.80. The van der Waals surface area contributed by atoms with Crippen LogP contribution in [0.15, 0.2) is 17.8 Å². The lowest BCUT2D eigenvalue weighted by molar-refractivity contribution is -0.122. The second-order valence-electron chi connectivity index (χ2n) is 5.37. The van der Waals surface area contributed by atoms with Crippen LogP contribution in [0.4, 0.5) is 0 Å². The van der Waals surface area contributed by atoms with E-state index in [1.54, 1.807) is 18.4 Å². The molecule has 0 spiro atoms. The number of ether oxygens (including phenoxy) is 1. The maximum Gasteiger partial charge on any atom is 0.193 e. The Morgan fingerprint density at radius 3 is 2.95 bits per heavy atom. The van der Waals surface area contributed by atoms with Gasteiger partial charge in [-0.15, -0.1) is 11.3 Å². The summed E-state index contributed by atoms with van der Waals surface area (Å²) in [5, 5.41) is 12.6. The average molecular weight is 280 g/mol. The third-order valence-corrected chi connectivity index (χ3v) is 5.03. The van der Waals surface area contributed by atoms with E-state index < -0.39 is 6.10 Å². The van der Waals surface area contributed by atoms with Crippen LogP contribution in [0.25, 0.3) is 4.96 Å². The summed E-state index contributed by atoms with van der Waals surface area (Å²) in [5.74, 6) is 0. The molecule has 2 heterocycles. The predicted molar refractivity (Wildman–Crippen MR) is 75.6 cm³/mol. The minimum Gasteiger partial charge on any atom is -0.390 e. The van der Waals surface area contributed by atoms with Gasteiger partial charge in [0.1, 0.15) is 0 Å². The first-order valence-electron chi connectivity index (χ1n) is 6.88. The SMILES string of the molecule is COC1(C(O)Cc2cn3ccsc3n2)CCCCC1. The van der Waals surface area contributed by atoms with Crippen LogP contribution in [0.3, 0.4) is 0 Å². The Hall–Kier alpha value is -0.910. The normalized spacial score (nSPS) is 20.7. The third-order valence-electron chi connectivity index (χ3n) is 4.26. The topological polar surface area (TPSA) is 46.8 Å². The largest absolute Gasteiger partial charge is 0.390 e. The molecule has 1 atom stereocenters. The Morgan fingerprint density at radius 1 is 1.47 bits per heavy atom. The molecule has 0 amide bonds. The van der Waals surface area contributed by atoms with E-state index in [0.29, 0.717) is 6.42 Å². The zero-order valence-corrected chi connectivity index (χ0v) is 12.0. The quantitative estimate of drug-likeness (QED) is 0.936. The summed E-state index contributed by atoms with van der Waals surface area (Å²) in [6.07, 6.45) is 9.53. The number of methoxy groups -OCH3 is 1. The van der Waals surface area contributed by atoms with E-state index in [1.165, 1.54) is 6.42 Å². The lowest BCUT2D eigenvalue weighted by Crippen LogP contribution is -2.46. The molecule has 2 aromatic rings. The second-order valence-corrected chi connectivity index (χ2v) is 6.25. The van der Waals surface area contributed by atoms with Crippen molar-refractivity contribution in [2.45, 2.75) is 50.2 Å². The van der Waals surface area contributed by atoms with Gasteiger partial charge in [0.2, 0.25) is 0 Å². The maximum absolute atomic E-state index is 10.6. The summed E-state index contributed by atoms with van der Waals surface area (Å²) >= 11 is 1.61. The molecule has 0 aromatic carbocycles. The van der Waals surface area contributed by atoms with Gasteiger partial charge < -0.3 is 9.84 Å². The first-order chi connectivity index (χ1) is 9.23. The minimum atomic E-state index is -0.470. The number of rotatable bonds is 4. The standard InChI is InChI=1S/C14H20N2O2S/c1-18-14(5-3-2-4-6-14)12(17)9-11-10-16-7-8-19-13(16)15-11/h7-8,10,12,17H,2-6,9H2,1H3. The van der Waals surface area contributed by atoms with Gasteiger partial charge in [-0.1, -0.05) is 19.3 Å². The van der Waals surface area contributed by atoms with Crippen molar-refractivity contribution < 1.29 is 9.84 Å². The molecular weight excluding hydrogens is 260 g/mol. The highest BCUT2D eigenvalue weighted by Gasteiger charge is 2.39. The molecule has 1 saturated carbocycles. The molecule has 1 aliphatic rings. The van der Waals surface area contributed by atoms with Gasteiger partial charge in [0.15, 0.2) is 4.96 Å². The Morgan fingerprint density at radius 2 is 2.26 bits per heavy atom. The summed E-state index contributed by atoms with van der Waals surface area (Å²) < 4.78 is 7.69. The van der Waals surface area contributed by atoms with Crippen LogP contribution in [0.5, 0.6) is 0 Å². The monoisotopic (exact) mass is 280 g/mol. The Labute approximate surface area is 117 Å². The highest BCUT2D eigenvalue weighted by molar-refractivity contribution is 7.15. The van der Waals surface area contributed by atoms with Gasteiger partial charge in [-0.2, -0.15) is 0 Å². The summed E-state index contributed by atoms with van der Waals surface area (Å²) in [6.45, 7) is 0. The highest BCUT2D eigenvalue weighted by Crippen LogP contribution is 2.35. The number of aliphatic hydroxyl groups excluding tert-OH is 1. The Balaban J connectivity index is 1.75. The van der Waals surface area contributed by atoms with Crippen LogP contribution in [0.2, 0.25) is 0 Å². The van der Waals surface area contributed by atoms with Gasteiger partial charge in [-0.3, -0.25) is 4.40 Å². The van der Waals surface area contributed by atoms with Gasteiger partial charge in [-0.25, -0.2) is 4.98 Å². The van der Waals surface area contributed by atoms with E-state index in [-0.39, 0.29) is 5.60 Å². The number of fused-ring (bicyclic) bond motifs is 1. The van der Waals surface area contributed by atoms with Gasteiger partial charge in [0.25, 0.3) is 0 Å². The van der Waals surface area contributed by atoms with Crippen molar-refractivity contribution in [2.24, 2.45) is 0 Å². The molecule has 1 N–H and O–H groups in total. The molecule has 4 nitrogen and oxygen atoms in total. The highest BCUT2D eigenvalue weighted by atomic mass is 32.1. The van der Waals surface area contributed by atoms with E-state index >= 15 is 0 Å². The fraction of sp³-hybridized carbons (Fsp3) is 0.643. The van der Waals surface area contributed by atoms with E-state index in [1.807, 2.05) is 22.2 Å². The molecule has 3 rings (SSSR count). The summed E-state index contributed by atoms with van der Waals surface area (Å²) in [5.41, 5.74) is 0.580. The molecule has 5 heteroatoms. The summed E-state index contributed by atoms with van der Waals surface area (Å²) in [7, 11) is 1.72. The molecule has 19 heavy (non-hydrogen) atoms. The molecule has 2 aromatic heterocycles. The summed E-state index contributed by atoms with van der Waals surface area (Å²) in [4.78, 5) is 5.52. The van der Waals surface area contributed by atoms with Crippen LogP contribution in [-0.2, 0) is 11.2 Å². The van der Waals surface area contributed by atoms with Crippen molar-refractivity contribution in [3.63, 3.8) is 0 Å². The smallest absolute Gasteiger partial charge is 0.193 e. The Bertz CT molecular complexity index is 514. The molecule has 1 aliphatic carbocycles. The number of aromatic nitrogens is 2. The van der Waals surface area contributed by atoms with Crippen LogP contribution in [0, 0.1) is 0 Å². The van der Waals surface area contributed by atoms with Crippen molar-refractivity contribution in [3.05, 3.63) is 23.5 Å². The molecule has 1 unspecified atom stereocenters. The molecule has 0 radical (unpaired) electrons. The zero-order chi connectivity index (χ0) is 13.3. The van der Waals surface area contributed by atoms with Crippen LogP contribution < -0.4 is 0 Å². The molecule has 1 fully saturated rings. The fourth-order valence-electron chi connectivity index (χ4n) is 3.08. The van der Waals surface area contributed by atoms with Crippen LogP contribution in [-0.4, -0.2) is 33.3 Å². The number of imidazole rings is 1. The van der Waals surface area contributed by atoms with Crippen LogP contribution >= 0.6 is 11.3 Å². The lowest BCUT2D eigenvalue weighted by atomic mass is 9.79. The van der Waals surface area contributed by atoms with Gasteiger partial charge >= 0.3 is 0 Å². The molecule has 104 valence electrons. The van der Waals surface area contributed by atoms with E-state index in [9.17, 15) is 5.11 Å². The molecule has 0 bridgehead atoms. The molecular formula is C14H20N2O2S. The number of thiazole rings is 1.